The monoisotopic (exact) mass is 448 g/mol. The molecule has 4 rings (SSSR count). The zero-order chi connectivity index (χ0) is 18.5. The Morgan fingerprint density at radius 2 is 0.929 bits per heavy atom. The first kappa shape index (κ1) is 20.5. The van der Waals surface area contributed by atoms with Gasteiger partial charge < -0.3 is 5.11 Å². The molecule has 0 spiro atoms. The van der Waals surface area contributed by atoms with E-state index in [0.717, 1.165) is 11.1 Å². The van der Waals surface area contributed by atoms with E-state index < -0.39 is 14.0 Å². The lowest BCUT2D eigenvalue weighted by molar-refractivity contribution is 0.220. The Morgan fingerprint density at radius 3 is 1.46 bits per heavy atom. The van der Waals surface area contributed by atoms with Gasteiger partial charge in [0.2, 0.25) is 0 Å². The fourth-order valence-corrected chi connectivity index (χ4v) is 5.61. The number of aliphatic hydroxyl groups is 1. The average Bonchev–Trinajstić information content (AvgIpc) is 2.76. The van der Waals surface area contributed by atoms with Crippen molar-refractivity contribution in [2.24, 2.45) is 0 Å². The standard InChI is InChI=1S/C25H21OP.BrH/c26-25(20-11-4-1-5-12-20)21-13-10-18-24(19-21)27(22-14-6-2-7-15-22)23-16-8-3-9-17-23;/h1-19,25-26H;1H. The van der Waals surface area contributed by atoms with Crippen molar-refractivity contribution in [3.8, 4) is 0 Å². The van der Waals surface area contributed by atoms with Gasteiger partial charge in [-0.1, -0.05) is 109 Å². The molecule has 3 heteroatoms. The van der Waals surface area contributed by atoms with E-state index in [4.69, 9.17) is 0 Å². The number of rotatable bonds is 5. The number of hydrogen-bond acceptors (Lipinski definition) is 1. The normalized spacial score (nSPS) is 11.6. The first-order chi connectivity index (χ1) is 13.3. The van der Waals surface area contributed by atoms with Crippen LogP contribution in [0.1, 0.15) is 17.2 Å². The molecule has 0 saturated carbocycles. The Labute approximate surface area is 178 Å². The highest BCUT2D eigenvalue weighted by Crippen LogP contribution is 2.34. The van der Waals surface area contributed by atoms with E-state index in [1.807, 2.05) is 36.4 Å². The summed E-state index contributed by atoms with van der Waals surface area (Å²) in [6.07, 6.45) is -0.616. The number of halogens is 1. The summed E-state index contributed by atoms with van der Waals surface area (Å²) in [6.45, 7) is 0. The van der Waals surface area contributed by atoms with Crippen LogP contribution in [-0.4, -0.2) is 5.11 Å². The smallest absolute Gasteiger partial charge is 0.104 e. The first-order valence-corrected chi connectivity index (χ1v) is 10.4. The van der Waals surface area contributed by atoms with Crippen LogP contribution >= 0.6 is 24.9 Å². The minimum absolute atomic E-state index is 0. The van der Waals surface area contributed by atoms with Gasteiger partial charge in [-0.05, 0) is 41.0 Å². The average molecular weight is 449 g/mol. The van der Waals surface area contributed by atoms with Crippen LogP contribution in [0.3, 0.4) is 0 Å². The van der Waals surface area contributed by atoms with Gasteiger partial charge in [0, 0.05) is 0 Å². The molecular formula is C25H22BrOP. The van der Waals surface area contributed by atoms with E-state index in [0.29, 0.717) is 0 Å². The molecule has 140 valence electrons. The number of benzene rings is 4. The molecule has 1 nitrogen and oxygen atoms in total. The van der Waals surface area contributed by atoms with Crippen molar-refractivity contribution in [2.75, 3.05) is 0 Å². The van der Waals surface area contributed by atoms with Crippen molar-refractivity contribution < 1.29 is 5.11 Å². The minimum Gasteiger partial charge on any atom is -0.384 e. The number of aliphatic hydroxyl groups excluding tert-OH is 1. The zero-order valence-corrected chi connectivity index (χ0v) is 18.0. The van der Waals surface area contributed by atoms with Crippen LogP contribution in [0.15, 0.2) is 115 Å². The van der Waals surface area contributed by atoms with Crippen LogP contribution in [0.5, 0.6) is 0 Å². The van der Waals surface area contributed by atoms with Crippen molar-refractivity contribution in [3.63, 3.8) is 0 Å². The molecule has 1 N–H and O–H groups in total. The summed E-state index contributed by atoms with van der Waals surface area (Å²) in [4.78, 5) is 0. The summed E-state index contributed by atoms with van der Waals surface area (Å²) < 4.78 is 0. The Balaban J connectivity index is 0.00000225. The molecule has 0 bridgehead atoms. The van der Waals surface area contributed by atoms with Crippen molar-refractivity contribution in [1.82, 2.24) is 0 Å². The third kappa shape index (κ3) is 4.59. The highest BCUT2D eigenvalue weighted by Gasteiger charge is 2.18. The van der Waals surface area contributed by atoms with Crippen LogP contribution < -0.4 is 15.9 Å². The molecule has 1 unspecified atom stereocenters. The highest BCUT2D eigenvalue weighted by atomic mass is 79.9. The Hall–Kier alpha value is -2.25. The van der Waals surface area contributed by atoms with Gasteiger partial charge in [0.05, 0.1) is 0 Å². The second-order valence-electron chi connectivity index (χ2n) is 6.41. The first-order valence-electron chi connectivity index (χ1n) is 9.06. The second-order valence-corrected chi connectivity index (χ2v) is 8.63. The van der Waals surface area contributed by atoms with Gasteiger partial charge in [-0.15, -0.1) is 17.0 Å². The largest absolute Gasteiger partial charge is 0.384 e. The zero-order valence-electron chi connectivity index (χ0n) is 15.3. The Kier molecular flexibility index (Phi) is 7.17. The van der Waals surface area contributed by atoms with Gasteiger partial charge in [0.25, 0.3) is 0 Å². The van der Waals surface area contributed by atoms with Gasteiger partial charge in [0.1, 0.15) is 6.10 Å². The SMILES string of the molecule is Br.OC(c1ccccc1)c1cccc(P(c2ccccc2)c2ccccc2)c1. The summed E-state index contributed by atoms with van der Waals surface area (Å²) in [5, 5.41) is 14.7. The maximum Gasteiger partial charge on any atom is 0.104 e. The summed E-state index contributed by atoms with van der Waals surface area (Å²) >= 11 is 0. The van der Waals surface area contributed by atoms with E-state index >= 15 is 0 Å². The van der Waals surface area contributed by atoms with Gasteiger partial charge in [-0.25, -0.2) is 0 Å². The van der Waals surface area contributed by atoms with E-state index in [2.05, 4.69) is 78.9 Å². The molecule has 0 aliphatic heterocycles. The molecule has 0 heterocycles. The molecule has 0 fully saturated rings. The maximum atomic E-state index is 10.8. The lowest BCUT2D eigenvalue weighted by Gasteiger charge is -2.21. The lowest BCUT2D eigenvalue weighted by atomic mass is 10.0. The van der Waals surface area contributed by atoms with Gasteiger partial charge in [-0.2, -0.15) is 0 Å². The van der Waals surface area contributed by atoms with Crippen molar-refractivity contribution >= 4 is 40.8 Å². The predicted molar refractivity (Wildman–Crippen MR) is 126 cm³/mol. The van der Waals surface area contributed by atoms with E-state index in [1.165, 1.54) is 15.9 Å². The van der Waals surface area contributed by atoms with Crippen molar-refractivity contribution in [3.05, 3.63) is 126 Å². The minimum atomic E-state index is -0.667. The molecule has 0 aliphatic carbocycles. The summed E-state index contributed by atoms with van der Waals surface area (Å²) in [7, 11) is -0.667. The summed E-state index contributed by atoms with van der Waals surface area (Å²) in [6, 6.07) is 39.5. The highest BCUT2D eigenvalue weighted by molar-refractivity contribution is 8.93. The molecule has 0 amide bonds. The van der Waals surface area contributed by atoms with E-state index in [1.54, 1.807) is 0 Å². The van der Waals surface area contributed by atoms with Crippen LogP contribution in [0, 0.1) is 0 Å². The van der Waals surface area contributed by atoms with Crippen LogP contribution in [0.4, 0.5) is 0 Å². The predicted octanol–water partition coefficient (Wildman–Crippen LogP) is 5.10. The molecular weight excluding hydrogens is 427 g/mol. The van der Waals surface area contributed by atoms with Gasteiger partial charge >= 0.3 is 0 Å². The quantitative estimate of drug-likeness (QED) is 0.420. The Morgan fingerprint density at radius 1 is 0.500 bits per heavy atom. The molecule has 28 heavy (non-hydrogen) atoms. The summed E-state index contributed by atoms with van der Waals surface area (Å²) in [5.41, 5.74) is 1.84. The van der Waals surface area contributed by atoms with E-state index in [9.17, 15) is 5.11 Å². The maximum absolute atomic E-state index is 10.8. The third-order valence-electron chi connectivity index (χ3n) is 4.59. The lowest BCUT2D eigenvalue weighted by Crippen LogP contribution is -2.21. The third-order valence-corrected chi connectivity index (χ3v) is 7.01. The van der Waals surface area contributed by atoms with Crippen molar-refractivity contribution in [1.29, 1.82) is 0 Å². The fraction of sp³-hybridized carbons (Fsp3) is 0.0400. The topological polar surface area (TPSA) is 20.2 Å². The molecule has 0 aliphatic rings. The van der Waals surface area contributed by atoms with Crippen LogP contribution in [0.25, 0.3) is 0 Å². The second kappa shape index (κ2) is 9.80. The molecule has 0 saturated heterocycles. The van der Waals surface area contributed by atoms with Crippen LogP contribution in [0.2, 0.25) is 0 Å². The van der Waals surface area contributed by atoms with Gasteiger partial charge in [-0.3, -0.25) is 0 Å². The van der Waals surface area contributed by atoms with E-state index in [-0.39, 0.29) is 17.0 Å². The molecule has 1 atom stereocenters. The van der Waals surface area contributed by atoms with Crippen molar-refractivity contribution in [2.45, 2.75) is 6.10 Å². The molecule has 0 radical (unpaired) electrons. The van der Waals surface area contributed by atoms with Gasteiger partial charge in [0.15, 0.2) is 0 Å². The van der Waals surface area contributed by atoms with Crippen LogP contribution in [-0.2, 0) is 0 Å². The molecule has 4 aromatic rings. The number of hydrogen-bond donors (Lipinski definition) is 1. The molecule has 0 aromatic heterocycles. The molecule has 4 aromatic carbocycles. The summed E-state index contributed by atoms with van der Waals surface area (Å²) in [5.74, 6) is 0. The Bertz CT molecular complexity index is 951. The fourth-order valence-electron chi connectivity index (χ4n) is 3.26.